The van der Waals surface area contributed by atoms with Gasteiger partial charge < -0.3 is 14.9 Å². The molecule has 154 valence electrons. The molecule has 0 aromatic heterocycles. The summed E-state index contributed by atoms with van der Waals surface area (Å²) < 4.78 is 6.14. The number of β-amino-alcohol motifs (C(OH)–C–C–N with tert-alkyl or cyclic N) is 2. The van der Waals surface area contributed by atoms with Gasteiger partial charge in [-0.3, -0.25) is 14.7 Å². The SMILES string of the molecule is C[C@H](O)CN1CCN2Cc3cc(C#N)ccc3OCC(C2)N(C[C@H](C)O)CC1. The zero-order valence-corrected chi connectivity index (χ0v) is 16.9. The van der Waals surface area contributed by atoms with E-state index in [1.807, 2.05) is 26.0 Å². The van der Waals surface area contributed by atoms with Crippen LogP contribution >= 0.6 is 0 Å². The molecule has 7 heteroatoms. The fourth-order valence-electron chi connectivity index (χ4n) is 4.13. The molecule has 28 heavy (non-hydrogen) atoms. The molecule has 2 bridgehead atoms. The van der Waals surface area contributed by atoms with Gasteiger partial charge in [0.15, 0.2) is 0 Å². The molecule has 2 aliphatic heterocycles. The lowest BCUT2D eigenvalue weighted by atomic mass is 10.1. The number of benzene rings is 1. The molecule has 0 amide bonds. The highest BCUT2D eigenvalue weighted by Gasteiger charge is 2.28. The summed E-state index contributed by atoms with van der Waals surface area (Å²) in [7, 11) is 0. The minimum atomic E-state index is -0.407. The third kappa shape index (κ3) is 5.66. The van der Waals surface area contributed by atoms with Gasteiger partial charge in [0.2, 0.25) is 0 Å². The summed E-state index contributed by atoms with van der Waals surface area (Å²) in [4.78, 5) is 7.01. The van der Waals surface area contributed by atoms with E-state index in [0.717, 1.165) is 50.6 Å². The Bertz CT molecular complexity index is 689. The first-order chi connectivity index (χ1) is 13.4. The zero-order valence-electron chi connectivity index (χ0n) is 16.9. The monoisotopic (exact) mass is 388 g/mol. The highest BCUT2D eigenvalue weighted by molar-refractivity contribution is 5.42. The molecule has 1 aromatic carbocycles. The van der Waals surface area contributed by atoms with Crippen LogP contribution in [0.4, 0.5) is 0 Å². The Balaban J connectivity index is 1.86. The van der Waals surface area contributed by atoms with E-state index >= 15 is 0 Å². The fraction of sp³-hybridized carbons (Fsp3) is 0.667. The highest BCUT2D eigenvalue weighted by atomic mass is 16.5. The number of aliphatic hydroxyl groups is 2. The lowest BCUT2D eigenvalue weighted by molar-refractivity contribution is 0.0517. The Hall–Kier alpha value is -1.69. The lowest BCUT2D eigenvalue weighted by Crippen LogP contribution is -2.50. The third-order valence-corrected chi connectivity index (χ3v) is 5.46. The average Bonchev–Trinajstić information content (AvgIpc) is 2.70. The van der Waals surface area contributed by atoms with Crippen LogP contribution in [0.5, 0.6) is 5.75 Å². The Morgan fingerprint density at radius 3 is 2.61 bits per heavy atom. The Labute approximate surface area is 167 Å². The van der Waals surface area contributed by atoms with E-state index in [9.17, 15) is 15.5 Å². The van der Waals surface area contributed by atoms with E-state index < -0.39 is 6.10 Å². The van der Waals surface area contributed by atoms with Crippen LogP contribution in [0.15, 0.2) is 18.2 Å². The number of nitriles is 1. The molecular formula is C21H32N4O3. The van der Waals surface area contributed by atoms with Gasteiger partial charge in [-0.25, -0.2) is 0 Å². The molecule has 2 N–H and O–H groups in total. The van der Waals surface area contributed by atoms with Crippen LogP contribution in [0.25, 0.3) is 0 Å². The van der Waals surface area contributed by atoms with Gasteiger partial charge in [0.1, 0.15) is 12.4 Å². The van der Waals surface area contributed by atoms with E-state index in [2.05, 4.69) is 20.8 Å². The normalized spacial score (nSPS) is 26.2. The number of nitrogens with zero attached hydrogens (tertiary/aromatic N) is 4. The predicted octanol–water partition coefficient (Wildman–Crippen LogP) is 0.500. The molecule has 2 aliphatic rings. The van der Waals surface area contributed by atoms with Crippen molar-refractivity contribution in [3.8, 4) is 11.8 Å². The Kier molecular flexibility index (Phi) is 7.27. The van der Waals surface area contributed by atoms with Crippen LogP contribution in [0.2, 0.25) is 0 Å². The van der Waals surface area contributed by atoms with Crippen molar-refractivity contribution < 1.29 is 14.9 Å². The van der Waals surface area contributed by atoms with E-state index in [1.54, 1.807) is 6.07 Å². The number of fused-ring (bicyclic) bond motifs is 3. The summed E-state index contributed by atoms with van der Waals surface area (Å²) in [5.41, 5.74) is 1.69. The van der Waals surface area contributed by atoms with Crippen molar-refractivity contribution in [3.05, 3.63) is 29.3 Å². The van der Waals surface area contributed by atoms with Crippen LogP contribution in [0.3, 0.4) is 0 Å². The van der Waals surface area contributed by atoms with Crippen LogP contribution in [0, 0.1) is 11.3 Å². The molecule has 0 aliphatic carbocycles. The molecule has 7 nitrogen and oxygen atoms in total. The molecule has 1 fully saturated rings. The molecule has 1 aromatic rings. The molecule has 3 rings (SSSR count). The van der Waals surface area contributed by atoms with Crippen molar-refractivity contribution in [2.24, 2.45) is 0 Å². The highest BCUT2D eigenvalue weighted by Crippen LogP contribution is 2.25. The Morgan fingerprint density at radius 2 is 1.89 bits per heavy atom. The van der Waals surface area contributed by atoms with Crippen molar-refractivity contribution in [1.82, 2.24) is 14.7 Å². The standard InChI is InChI=1S/C21H32N4O3/c1-16(26)11-23-5-6-24-13-19-9-18(10-22)3-4-21(19)28-15-20(14-24)25(8-7-23)12-17(2)27/h3-4,9,16-17,20,26-27H,5-8,11-15H2,1-2H3/t16-,17-,20?/m0/s1. The maximum Gasteiger partial charge on any atom is 0.123 e. The summed E-state index contributed by atoms with van der Waals surface area (Å²) >= 11 is 0. The van der Waals surface area contributed by atoms with Crippen LogP contribution in [-0.4, -0.2) is 95.6 Å². The molecule has 2 unspecified atom stereocenters. The minimum Gasteiger partial charge on any atom is -0.492 e. The molecule has 4 atom stereocenters. The van der Waals surface area contributed by atoms with Gasteiger partial charge in [0.25, 0.3) is 0 Å². The third-order valence-electron chi connectivity index (χ3n) is 5.46. The minimum absolute atomic E-state index is 0.185. The van der Waals surface area contributed by atoms with Gasteiger partial charge in [-0.1, -0.05) is 0 Å². The molecule has 0 saturated carbocycles. The molecule has 0 spiro atoms. The van der Waals surface area contributed by atoms with Gasteiger partial charge >= 0.3 is 0 Å². The molecule has 1 saturated heterocycles. The average molecular weight is 389 g/mol. The van der Waals surface area contributed by atoms with E-state index in [-0.39, 0.29) is 12.1 Å². The lowest BCUT2D eigenvalue weighted by Gasteiger charge is -2.37. The topological polar surface area (TPSA) is 83.2 Å². The van der Waals surface area contributed by atoms with Crippen LogP contribution < -0.4 is 4.74 Å². The van der Waals surface area contributed by atoms with Crippen molar-refractivity contribution >= 4 is 0 Å². The van der Waals surface area contributed by atoms with Crippen molar-refractivity contribution in [3.63, 3.8) is 0 Å². The van der Waals surface area contributed by atoms with Crippen LogP contribution in [0.1, 0.15) is 25.0 Å². The molecule has 0 radical (unpaired) electrons. The number of rotatable bonds is 4. The summed E-state index contributed by atoms with van der Waals surface area (Å²) in [5.74, 6) is 0.839. The summed E-state index contributed by atoms with van der Waals surface area (Å²) in [6.45, 7) is 10.5. The first-order valence-electron chi connectivity index (χ1n) is 10.2. The van der Waals surface area contributed by atoms with Gasteiger partial charge in [0, 0.05) is 57.9 Å². The second-order valence-electron chi connectivity index (χ2n) is 8.13. The van der Waals surface area contributed by atoms with Gasteiger partial charge in [0.05, 0.1) is 29.9 Å². The summed E-state index contributed by atoms with van der Waals surface area (Å²) in [6, 6.07) is 8.01. The molecular weight excluding hydrogens is 356 g/mol. The quantitative estimate of drug-likeness (QED) is 0.777. The first kappa shape index (κ1) is 21.0. The van der Waals surface area contributed by atoms with Gasteiger partial charge in [-0.15, -0.1) is 0 Å². The van der Waals surface area contributed by atoms with Crippen molar-refractivity contribution in [2.45, 2.75) is 38.6 Å². The zero-order chi connectivity index (χ0) is 20.1. The second kappa shape index (κ2) is 9.68. The number of hydrogen-bond donors (Lipinski definition) is 2. The van der Waals surface area contributed by atoms with Crippen molar-refractivity contribution in [2.75, 3.05) is 52.4 Å². The van der Waals surface area contributed by atoms with E-state index in [1.165, 1.54) is 0 Å². The maximum atomic E-state index is 10.0. The number of ether oxygens (including phenoxy) is 1. The number of aliphatic hydroxyl groups excluding tert-OH is 2. The summed E-state index contributed by atoms with van der Waals surface area (Å²) in [6.07, 6.45) is -0.775. The Morgan fingerprint density at radius 1 is 1.14 bits per heavy atom. The van der Waals surface area contributed by atoms with E-state index in [0.29, 0.717) is 25.3 Å². The molecule has 2 heterocycles. The smallest absolute Gasteiger partial charge is 0.123 e. The largest absolute Gasteiger partial charge is 0.492 e. The first-order valence-corrected chi connectivity index (χ1v) is 10.2. The van der Waals surface area contributed by atoms with E-state index in [4.69, 9.17) is 4.74 Å². The second-order valence-corrected chi connectivity index (χ2v) is 8.13. The number of hydrogen-bond acceptors (Lipinski definition) is 7. The van der Waals surface area contributed by atoms with Gasteiger partial charge in [-0.05, 0) is 32.0 Å². The maximum absolute atomic E-state index is 10.0. The summed E-state index contributed by atoms with van der Waals surface area (Å²) in [5, 5.41) is 29.1. The van der Waals surface area contributed by atoms with Crippen LogP contribution in [-0.2, 0) is 6.54 Å². The van der Waals surface area contributed by atoms with Gasteiger partial charge in [-0.2, -0.15) is 5.26 Å². The predicted molar refractivity (Wildman–Crippen MR) is 107 cm³/mol. The van der Waals surface area contributed by atoms with Crippen molar-refractivity contribution in [1.29, 1.82) is 5.26 Å². The fourth-order valence-corrected chi connectivity index (χ4v) is 4.13.